The molecule has 76 heavy (non-hydrogen) atoms. The minimum absolute atomic E-state index is 0. The Morgan fingerprint density at radius 2 is 1.01 bits per heavy atom. The van der Waals surface area contributed by atoms with Crippen molar-refractivity contribution in [3.63, 3.8) is 0 Å². The lowest BCUT2D eigenvalue weighted by Gasteiger charge is -2.28. The third-order valence-corrected chi connectivity index (χ3v) is 16.2. The number of benzene rings is 4. The zero-order chi connectivity index (χ0) is 53.2. The molecule has 2 aliphatic heterocycles. The van der Waals surface area contributed by atoms with Crippen LogP contribution in [0.2, 0.25) is 18.7 Å². The zero-order valence-corrected chi connectivity index (χ0v) is 45.5. The number of nitrogens with one attached hydrogen (secondary N) is 1. The second-order valence-electron chi connectivity index (χ2n) is 19.0. The number of ether oxygens (including phenoxy) is 2. The van der Waals surface area contributed by atoms with Gasteiger partial charge in [-0.2, -0.15) is 0 Å². The molecule has 0 bridgehead atoms. The Labute approximate surface area is 471 Å². The molecule has 4 fully saturated rings. The van der Waals surface area contributed by atoms with Crippen LogP contribution in [0.1, 0.15) is 103 Å². The minimum Gasteiger partial charge on any atom is -0.489 e. The van der Waals surface area contributed by atoms with Gasteiger partial charge in [-0.15, -0.1) is 22.7 Å². The normalized spacial score (nSPS) is 16.9. The largest absolute Gasteiger partial charge is 0.489 e. The first-order chi connectivity index (χ1) is 36.1. The number of ketones is 2. The summed E-state index contributed by atoms with van der Waals surface area (Å²) in [7, 11) is 0. The number of Topliss-reactive ketones (excluding diaryl/α,β-unsaturated/α-hetero) is 2. The van der Waals surface area contributed by atoms with E-state index in [1.54, 1.807) is 66.7 Å². The van der Waals surface area contributed by atoms with E-state index < -0.39 is 41.7 Å². The fourth-order valence-corrected chi connectivity index (χ4v) is 11.2. The van der Waals surface area contributed by atoms with E-state index in [4.69, 9.17) is 66.7 Å². The van der Waals surface area contributed by atoms with E-state index in [9.17, 15) is 29.4 Å². The Hall–Kier alpha value is -4.88. The molecule has 2 saturated heterocycles. The summed E-state index contributed by atoms with van der Waals surface area (Å²) < 4.78 is 12.9. The van der Waals surface area contributed by atoms with Crippen molar-refractivity contribution < 1.29 is 44.0 Å². The summed E-state index contributed by atoms with van der Waals surface area (Å²) >= 11 is 27.4. The molecule has 13 nitrogen and oxygen atoms in total. The van der Waals surface area contributed by atoms with E-state index in [1.165, 1.54) is 47.6 Å². The van der Waals surface area contributed by atoms with E-state index in [-0.39, 0.29) is 30.7 Å². The van der Waals surface area contributed by atoms with Gasteiger partial charge in [0.1, 0.15) is 17.6 Å². The van der Waals surface area contributed by atoms with Gasteiger partial charge in [-0.1, -0.05) is 114 Å². The number of carbonyl (C=O) groups is 4. The quantitative estimate of drug-likeness (QED) is 0.0381. The van der Waals surface area contributed by atoms with Gasteiger partial charge in [0.15, 0.2) is 0 Å². The van der Waals surface area contributed by atoms with Gasteiger partial charge < -0.3 is 45.6 Å². The summed E-state index contributed by atoms with van der Waals surface area (Å²) in [6, 6.07) is 30.3. The van der Waals surface area contributed by atoms with Gasteiger partial charge >= 0.3 is 5.97 Å². The second kappa shape index (κ2) is 27.6. The van der Waals surface area contributed by atoms with Gasteiger partial charge in [-0.25, -0.2) is 4.79 Å². The summed E-state index contributed by atoms with van der Waals surface area (Å²) in [6.07, 6.45) is 7.59. The molecule has 6 N–H and O–H groups in total. The Morgan fingerprint density at radius 3 is 1.41 bits per heavy atom. The molecule has 2 saturated carbocycles. The van der Waals surface area contributed by atoms with Crippen LogP contribution in [-0.4, -0.2) is 112 Å². The summed E-state index contributed by atoms with van der Waals surface area (Å²) in [5.74, 6) is -2.47. The highest BCUT2D eigenvalue weighted by atomic mass is 35.5. The number of hydrogen-bond acceptors (Lipinski definition) is 13. The summed E-state index contributed by atoms with van der Waals surface area (Å²) in [4.78, 5) is 54.1. The topological polar surface area (TPSA) is 192 Å². The average molecular weight is 1150 g/mol. The SMILES string of the molecule is C.N[C@H](CN1CCCC1)[C@H](O)c1ccc(OC2CC2)c(Cl)c1.O=C(N[C@H](CN1CCCC1)[C@H](O)c1ccc(OC2CC2)c(Cl)c1)C(=O)c1ccc(-c2ccc(Cl)s2)cc1.O=C(O)C(=O)c1ccc(-c2ccc(Cl)s2)cc1. The Kier molecular flexibility index (Phi) is 21.4. The summed E-state index contributed by atoms with van der Waals surface area (Å²) in [6.45, 7) is 5.08. The standard InChI is InChI=1S/C28H28Cl2N2O4S.C16H23ClN2O2.C12H7ClO3S.CH4/c29-21-15-19(7-10-23(21)36-20-8-9-20)26(33)22(16-32-13-1-2-14-32)31-28(35)27(34)18-5-3-17(4-6-18)24-11-12-25(30)37-24;17-13-9-11(3-6-15(13)21-12-4-5-12)16(20)14(18)10-19-7-1-2-8-19;13-10-6-5-9(17-10)7-1-3-8(4-2-7)11(14)12(15)16;/h3-7,10-12,15,20,22,26,33H,1-2,8-9,13-14,16H2,(H,31,35);3,6,9,12,14,16,20H,1-2,4-5,7-8,10,18H2;1-6H,(H,15,16);1H4/t22-,26-;14-,16-;;/m11../s1. The molecule has 2 aromatic heterocycles. The van der Waals surface area contributed by atoms with Gasteiger partial charge in [0.05, 0.1) is 43.1 Å². The van der Waals surface area contributed by atoms with E-state index in [0.717, 1.165) is 97.7 Å². The van der Waals surface area contributed by atoms with Gasteiger partial charge in [-0.3, -0.25) is 14.4 Å². The van der Waals surface area contributed by atoms with Crippen LogP contribution in [0.4, 0.5) is 0 Å². The molecule has 4 aromatic carbocycles. The number of carboxylic acids is 1. The number of hydrogen-bond donors (Lipinski definition) is 5. The lowest BCUT2D eigenvalue weighted by molar-refractivity contribution is -0.131. The zero-order valence-electron chi connectivity index (χ0n) is 40.8. The van der Waals surface area contributed by atoms with Gasteiger partial charge in [-0.05, 0) is 148 Å². The molecular weight excluding hydrogens is 1090 g/mol. The number of nitrogens with zero attached hydrogens (tertiary/aromatic N) is 2. The number of thiophene rings is 2. The van der Waals surface area contributed by atoms with E-state index in [2.05, 4.69) is 15.1 Å². The summed E-state index contributed by atoms with van der Waals surface area (Å²) in [5, 5.41) is 34.0. The van der Waals surface area contributed by atoms with Crippen molar-refractivity contribution in [2.24, 2.45) is 5.73 Å². The third kappa shape index (κ3) is 16.6. The lowest BCUT2D eigenvalue weighted by atomic mass is 10.0. The summed E-state index contributed by atoms with van der Waals surface area (Å²) in [5.41, 5.74) is 9.74. The number of amides is 1. The number of carboxylic acid groups (broad SMARTS) is 1. The highest BCUT2D eigenvalue weighted by Crippen LogP contribution is 2.37. The van der Waals surface area contributed by atoms with Crippen LogP contribution in [0.15, 0.2) is 109 Å². The first kappa shape index (κ1) is 58.8. The molecule has 10 rings (SSSR count). The Bertz CT molecular complexity index is 2920. The maximum absolute atomic E-state index is 13.0. The molecule has 404 valence electrons. The average Bonchev–Trinajstić information content (AvgIpc) is 4.09. The number of carbonyl (C=O) groups excluding carboxylic acids is 3. The van der Waals surface area contributed by atoms with Crippen LogP contribution in [0.5, 0.6) is 11.5 Å². The van der Waals surface area contributed by atoms with Crippen molar-refractivity contribution in [1.82, 2.24) is 15.1 Å². The molecule has 6 aromatic rings. The van der Waals surface area contributed by atoms with Crippen LogP contribution < -0.4 is 20.5 Å². The molecule has 4 aliphatic rings. The first-order valence-electron chi connectivity index (χ1n) is 24.9. The van der Waals surface area contributed by atoms with E-state index >= 15 is 0 Å². The molecule has 2 aliphatic carbocycles. The number of likely N-dealkylation sites (tertiary alicyclic amines) is 2. The molecule has 4 atom stereocenters. The maximum atomic E-state index is 13.0. The highest BCUT2D eigenvalue weighted by Gasteiger charge is 2.31. The number of aliphatic hydroxyl groups is 2. The van der Waals surface area contributed by atoms with Gasteiger partial charge in [0.2, 0.25) is 5.78 Å². The van der Waals surface area contributed by atoms with Crippen LogP contribution in [0.3, 0.4) is 0 Å². The number of aliphatic carboxylic acids is 1. The Balaban J connectivity index is 0.000000182. The number of aliphatic hydroxyl groups excluding tert-OH is 2. The van der Waals surface area contributed by atoms with E-state index in [0.29, 0.717) is 48.4 Å². The predicted octanol–water partition coefficient (Wildman–Crippen LogP) is 12.1. The fourth-order valence-electron chi connectivity index (χ4n) is 8.63. The van der Waals surface area contributed by atoms with Crippen molar-refractivity contribution >= 4 is 92.5 Å². The van der Waals surface area contributed by atoms with Crippen LogP contribution in [0.25, 0.3) is 20.9 Å². The van der Waals surface area contributed by atoms with Crippen molar-refractivity contribution in [2.45, 2.75) is 95.3 Å². The predicted molar refractivity (Wildman–Crippen MR) is 304 cm³/mol. The molecule has 0 unspecified atom stereocenters. The number of nitrogens with two attached hydrogens (primary N) is 1. The third-order valence-electron chi connectivity index (χ3n) is 13.1. The first-order valence-corrected chi connectivity index (χ1v) is 28.1. The molecular formula is C57H62Cl4N4O9S2. The molecule has 19 heteroatoms. The lowest BCUT2D eigenvalue weighted by Crippen LogP contribution is -2.48. The monoisotopic (exact) mass is 1150 g/mol. The van der Waals surface area contributed by atoms with Crippen molar-refractivity contribution in [1.29, 1.82) is 0 Å². The van der Waals surface area contributed by atoms with Crippen LogP contribution in [0, 0.1) is 0 Å². The Morgan fingerprint density at radius 1 is 0.592 bits per heavy atom. The van der Waals surface area contributed by atoms with Crippen molar-refractivity contribution in [2.75, 3.05) is 39.3 Å². The van der Waals surface area contributed by atoms with Gasteiger partial charge in [0, 0.05) is 40.0 Å². The van der Waals surface area contributed by atoms with Crippen LogP contribution in [-0.2, 0) is 9.59 Å². The fraction of sp³-hybridized carbons (Fsp3) is 0.368. The molecule has 1 amide bonds. The van der Waals surface area contributed by atoms with Crippen LogP contribution >= 0.6 is 69.1 Å². The second-order valence-corrected chi connectivity index (χ2v) is 23.2. The maximum Gasteiger partial charge on any atom is 0.377 e. The van der Waals surface area contributed by atoms with Crippen molar-refractivity contribution in [3.05, 3.63) is 150 Å². The van der Waals surface area contributed by atoms with Crippen molar-refractivity contribution in [3.8, 4) is 32.4 Å². The molecule has 0 radical (unpaired) electrons. The highest BCUT2D eigenvalue weighted by molar-refractivity contribution is 7.19. The minimum atomic E-state index is -1.45. The van der Waals surface area contributed by atoms with E-state index in [1.807, 2.05) is 30.3 Å². The molecule has 4 heterocycles. The smallest absolute Gasteiger partial charge is 0.377 e. The van der Waals surface area contributed by atoms with Gasteiger partial charge in [0.25, 0.3) is 11.7 Å². The molecule has 0 spiro atoms. The number of rotatable bonds is 19. The number of halogens is 4.